The first-order chi connectivity index (χ1) is 14.1. The number of nitrogens with two attached hydrogens (primary N) is 1. The number of fused-ring (bicyclic) bond motifs is 1. The number of phenols is 1. The Labute approximate surface area is 177 Å². The van der Waals surface area contributed by atoms with Crippen LogP contribution in [0.5, 0.6) is 5.75 Å². The van der Waals surface area contributed by atoms with Crippen molar-refractivity contribution in [1.82, 2.24) is 4.57 Å². The summed E-state index contributed by atoms with van der Waals surface area (Å²) in [6.07, 6.45) is 13.0. The van der Waals surface area contributed by atoms with E-state index in [1.165, 1.54) is 43.1 Å². The number of rotatable bonds is 11. The van der Waals surface area contributed by atoms with Gasteiger partial charge in [0.2, 0.25) is 0 Å². The summed E-state index contributed by atoms with van der Waals surface area (Å²) in [5, 5.41) is 10.7. The normalized spacial score (nSPS) is 16.5. The molecule has 1 aromatic heterocycles. The van der Waals surface area contributed by atoms with Crippen LogP contribution in [0.1, 0.15) is 82.9 Å². The summed E-state index contributed by atoms with van der Waals surface area (Å²) < 4.78 is 8.10. The molecule has 1 aliphatic rings. The third-order valence-electron chi connectivity index (χ3n) is 6.12. The van der Waals surface area contributed by atoms with Gasteiger partial charge in [-0.25, -0.2) is 0 Å². The minimum Gasteiger partial charge on any atom is -0.505 e. The number of aromatic hydroxyl groups is 1. The summed E-state index contributed by atoms with van der Waals surface area (Å²) >= 11 is 1.13. The van der Waals surface area contributed by atoms with Crippen LogP contribution in [0.25, 0.3) is 10.2 Å². The molecule has 2 aromatic rings. The zero-order valence-electron chi connectivity index (χ0n) is 17.7. The van der Waals surface area contributed by atoms with Crippen molar-refractivity contribution in [3.8, 4) is 5.75 Å². The second-order valence-electron chi connectivity index (χ2n) is 8.47. The van der Waals surface area contributed by atoms with Gasteiger partial charge in [-0.1, -0.05) is 62.3 Å². The van der Waals surface area contributed by atoms with E-state index in [0.717, 1.165) is 72.8 Å². The molecule has 0 bridgehead atoms. The third kappa shape index (κ3) is 6.06. The quantitative estimate of drug-likeness (QED) is 0.481. The van der Waals surface area contributed by atoms with Crippen molar-refractivity contribution in [3.63, 3.8) is 0 Å². The molecule has 0 radical (unpaired) electrons. The van der Waals surface area contributed by atoms with Crippen LogP contribution in [0.3, 0.4) is 0 Å². The maximum absolute atomic E-state index is 12.1. The lowest BCUT2D eigenvalue weighted by atomic mass is 9.87. The van der Waals surface area contributed by atoms with Gasteiger partial charge in [0.15, 0.2) is 0 Å². The summed E-state index contributed by atoms with van der Waals surface area (Å²) in [6.45, 7) is 3.54. The van der Waals surface area contributed by atoms with E-state index in [4.69, 9.17) is 10.5 Å². The second-order valence-corrected chi connectivity index (χ2v) is 9.46. The largest absolute Gasteiger partial charge is 0.505 e. The SMILES string of the molecule is CC(N)n1c(=O)sc2ccc(CCCCCCOCCC3CCCCC3)c(O)c21. The number of benzene rings is 1. The first kappa shape index (κ1) is 22.3. The highest BCUT2D eigenvalue weighted by atomic mass is 32.1. The van der Waals surface area contributed by atoms with Crippen molar-refractivity contribution in [2.24, 2.45) is 11.7 Å². The molecule has 1 atom stereocenters. The number of phenolic OH excluding ortho intramolecular Hbond substituents is 1. The molecule has 0 spiro atoms. The lowest BCUT2D eigenvalue weighted by Crippen LogP contribution is -2.23. The number of nitrogens with zero attached hydrogens (tertiary/aromatic N) is 1. The van der Waals surface area contributed by atoms with Crippen LogP contribution < -0.4 is 10.6 Å². The molecule has 0 saturated heterocycles. The number of thiazole rings is 1. The molecule has 3 rings (SSSR count). The molecule has 0 amide bonds. The predicted octanol–water partition coefficient (Wildman–Crippen LogP) is 5.34. The molecule has 29 heavy (non-hydrogen) atoms. The van der Waals surface area contributed by atoms with E-state index in [1.807, 2.05) is 12.1 Å². The molecule has 1 unspecified atom stereocenters. The molecule has 0 aliphatic heterocycles. The van der Waals surface area contributed by atoms with Gasteiger partial charge in [0.25, 0.3) is 0 Å². The number of aryl methyl sites for hydroxylation is 1. The molecule has 1 aromatic carbocycles. The Bertz CT molecular complexity index is 821. The summed E-state index contributed by atoms with van der Waals surface area (Å²) in [5.41, 5.74) is 7.40. The Morgan fingerprint density at radius 3 is 2.69 bits per heavy atom. The van der Waals surface area contributed by atoms with Crippen LogP contribution >= 0.6 is 11.3 Å². The van der Waals surface area contributed by atoms with Crippen LogP contribution in [0.4, 0.5) is 0 Å². The number of ether oxygens (including phenoxy) is 1. The Kier molecular flexibility index (Phi) is 8.57. The Morgan fingerprint density at radius 1 is 1.17 bits per heavy atom. The van der Waals surface area contributed by atoms with Crippen molar-refractivity contribution in [1.29, 1.82) is 0 Å². The molecule has 1 heterocycles. The summed E-state index contributed by atoms with van der Waals surface area (Å²) in [6, 6.07) is 3.86. The van der Waals surface area contributed by atoms with E-state index in [0.29, 0.717) is 5.52 Å². The fourth-order valence-electron chi connectivity index (χ4n) is 4.43. The minimum atomic E-state index is -0.449. The molecule has 5 nitrogen and oxygen atoms in total. The molecule has 1 saturated carbocycles. The van der Waals surface area contributed by atoms with E-state index in [2.05, 4.69) is 0 Å². The van der Waals surface area contributed by atoms with Gasteiger partial charge in [-0.05, 0) is 50.2 Å². The molecule has 162 valence electrons. The lowest BCUT2D eigenvalue weighted by Gasteiger charge is -2.21. The summed E-state index contributed by atoms with van der Waals surface area (Å²) in [4.78, 5) is 12.0. The Balaban J connectivity index is 1.35. The minimum absolute atomic E-state index is 0.120. The topological polar surface area (TPSA) is 77.5 Å². The first-order valence-corrected chi connectivity index (χ1v) is 12.1. The highest BCUT2D eigenvalue weighted by Crippen LogP contribution is 2.32. The maximum atomic E-state index is 12.1. The summed E-state index contributed by atoms with van der Waals surface area (Å²) in [7, 11) is 0. The number of unbranched alkanes of at least 4 members (excludes halogenated alkanes) is 3. The van der Waals surface area contributed by atoms with Gasteiger partial charge < -0.3 is 15.6 Å². The van der Waals surface area contributed by atoms with Gasteiger partial charge in [0.05, 0.1) is 10.9 Å². The lowest BCUT2D eigenvalue weighted by molar-refractivity contribution is 0.110. The average Bonchev–Trinajstić information content (AvgIpc) is 3.06. The zero-order chi connectivity index (χ0) is 20.6. The number of hydrogen-bond donors (Lipinski definition) is 2. The highest BCUT2D eigenvalue weighted by Gasteiger charge is 2.16. The van der Waals surface area contributed by atoms with E-state index >= 15 is 0 Å². The van der Waals surface area contributed by atoms with Gasteiger partial charge in [-0.2, -0.15) is 0 Å². The predicted molar refractivity (Wildman–Crippen MR) is 121 cm³/mol. The zero-order valence-corrected chi connectivity index (χ0v) is 18.5. The van der Waals surface area contributed by atoms with Gasteiger partial charge in [-0.15, -0.1) is 0 Å². The van der Waals surface area contributed by atoms with Gasteiger partial charge in [0.1, 0.15) is 11.3 Å². The van der Waals surface area contributed by atoms with Crippen molar-refractivity contribution < 1.29 is 9.84 Å². The van der Waals surface area contributed by atoms with Crippen molar-refractivity contribution in [3.05, 3.63) is 27.4 Å². The van der Waals surface area contributed by atoms with Crippen LogP contribution in [0.2, 0.25) is 0 Å². The number of aromatic nitrogens is 1. The van der Waals surface area contributed by atoms with E-state index in [1.54, 1.807) is 6.92 Å². The molecular formula is C23H36N2O3S. The van der Waals surface area contributed by atoms with E-state index in [9.17, 15) is 9.90 Å². The molecule has 3 N–H and O–H groups in total. The molecule has 6 heteroatoms. The van der Waals surface area contributed by atoms with Crippen LogP contribution in [-0.2, 0) is 11.2 Å². The van der Waals surface area contributed by atoms with Crippen molar-refractivity contribution in [2.45, 2.75) is 83.7 Å². The standard InChI is InChI=1S/C23H36N2O3S/c1-17(24)25-21-20(29-23(25)27)13-12-19(22(21)26)11-7-2-3-8-15-28-16-14-18-9-5-4-6-10-18/h12-13,17-18,26H,2-11,14-16,24H2,1H3. The van der Waals surface area contributed by atoms with Gasteiger partial charge in [0, 0.05) is 13.2 Å². The fourth-order valence-corrected chi connectivity index (χ4v) is 5.40. The van der Waals surface area contributed by atoms with Crippen LogP contribution in [0.15, 0.2) is 16.9 Å². The summed E-state index contributed by atoms with van der Waals surface area (Å²) in [5.74, 6) is 1.11. The smallest absolute Gasteiger partial charge is 0.309 e. The fraction of sp³-hybridized carbons (Fsp3) is 0.696. The third-order valence-corrected chi connectivity index (χ3v) is 7.04. The van der Waals surface area contributed by atoms with Crippen molar-refractivity contribution in [2.75, 3.05) is 13.2 Å². The Morgan fingerprint density at radius 2 is 1.93 bits per heavy atom. The molecule has 1 fully saturated rings. The first-order valence-electron chi connectivity index (χ1n) is 11.3. The van der Waals surface area contributed by atoms with Gasteiger partial charge in [-0.3, -0.25) is 9.36 Å². The second kappa shape index (κ2) is 11.1. The van der Waals surface area contributed by atoms with Crippen LogP contribution in [0, 0.1) is 5.92 Å². The maximum Gasteiger partial charge on any atom is 0.309 e. The van der Waals surface area contributed by atoms with Crippen LogP contribution in [-0.4, -0.2) is 22.9 Å². The molecular weight excluding hydrogens is 384 g/mol. The van der Waals surface area contributed by atoms with Gasteiger partial charge >= 0.3 is 4.87 Å². The monoisotopic (exact) mass is 420 g/mol. The average molecular weight is 421 g/mol. The van der Waals surface area contributed by atoms with E-state index in [-0.39, 0.29) is 10.6 Å². The Hall–Kier alpha value is -1.37. The molecule has 1 aliphatic carbocycles. The number of hydrogen-bond acceptors (Lipinski definition) is 5. The van der Waals surface area contributed by atoms with E-state index < -0.39 is 6.17 Å². The van der Waals surface area contributed by atoms with Crippen molar-refractivity contribution >= 4 is 21.6 Å². The highest BCUT2D eigenvalue weighted by molar-refractivity contribution is 7.16.